The van der Waals surface area contributed by atoms with Crippen LogP contribution < -0.4 is 0 Å². The van der Waals surface area contributed by atoms with Crippen molar-refractivity contribution in [1.82, 2.24) is 25.1 Å². The van der Waals surface area contributed by atoms with Gasteiger partial charge >= 0.3 is 5.97 Å². The number of rotatable bonds is 6. The van der Waals surface area contributed by atoms with Crippen LogP contribution in [0.15, 0.2) is 35.5 Å². The molecule has 0 bridgehead atoms. The van der Waals surface area contributed by atoms with E-state index in [2.05, 4.69) is 15.5 Å². The van der Waals surface area contributed by atoms with Gasteiger partial charge in [0.1, 0.15) is 6.04 Å². The molecule has 1 atom stereocenters. The Labute approximate surface area is 155 Å². The van der Waals surface area contributed by atoms with Crippen LogP contribution in [-0.2, 0) is 14.3 Å². The number of hydrogen-bond acceptors (Lipinski definition) is 7. The lowest BCUT2D eigenvalue weighted by Crippen LogP contribution is -2.49. The zero-order valence-corrected chi connectivity index (χ0v) is 15.4. The van der Waals surface area contributed by atoms with Crippen LogP contribution in [0, 0.1) is 0 Å². The zero-order chi connectivity index (χ0) is 18.4. The number of amides is 1. The van der Waals surface area contributed by atoms with E-state index in [-0.39, 0.29) is 17.6 Å². The number of carbonyl (C=O) groups is 2. The molecular weight excluding hydrogens is 354 g/mol. The number of ether oxygens (including phenoxy) is 1. The number of carbonyl (C=O) groups excluding carboxylic acids is 2. The Bertz CT molecular complexity index is 752. The van der Waals surface area contributed by atoms with Crippen LogP contribution >= 0.6 is 11.8 Å². The highest BCUT2D eigenvalue weighted by molar-refractivity contribution is 7.99. The van der Waals surface area contributed by atoms with E-state index >= 15 is 0 Å². The van der Waals surface area contributed by atoms with E-state index in [1.807, 2.05) is 30.3 Å². The van der Waals surface area contributed by atoms with Crippen LogP contribution in [-0.4, -0.2) is 61.9 Å². The minimum atomic E-state index is -0.484. The number of esters is 1. The molecule has 8 nitrogen and oxygen atoms in total. The number of para-hydroxylation sites is 1. The fraction of sp³-hybridized carbons (Fsp3) is 0.471. The highest BCUT2D eigenvalue weighted by atomic mass is 32.2. The van der Waals surface area contributed by atoms with Crippen molar-refractivity contribution in [2.45, 2.75) is 37.4 Å². The van der Waals surface area contributed by atoms with E-state index in [1.165, 1.54) is 11.8 Å². The molecule has 1 saturated heterocycles. The van der Waals surface area contributed by atoms with Crippen LogP contribution in [0.3, 0.4) is 0 Å². The predicted octanol–water partition coefficient (Wildman–Crippen LogP) is 1.70. The predicted molar refractivity (Wildman–Crippen MR) is 95.9 cm³/mol. The van der Waals surface area contributed by atoms with Gasteiger partial charge in [-0.05, 0) is 48.7 Å². The van der Waals surface area contributed by atoms with Crippen LogP contribution in [0.25, 0.3) is 5.69 Å². The molecule has 3 rings (SSSR count). The summed E-state index contributed by atoms with van der Waals surface area (Å²) in [4.78, 5) is 26.4. The van der Waals surface area contributed by atoms with E-state index in [1.54, 1.807) is 16.5 Å². The number of thioether (sulfide) groups is 1. The van der Waals surface area contributed by atoms with E-state index in [9.17, 15) is 9.59 Å². The number of tetrazole rings is 1. The first-order valence-corrected chi connectivity index (χ1v) is 9.62. The summed E-state index contributed by atoms with van der Waals surface area (Å²) in [5, 5.41) is 12.2. The number of hydrogen-bond donors (Lipinski definition) is 0. The van der Waals surface area contributed by atoms with Gasteiger partial charge in [-0.3, -0.25) is 4.79 Å². The highest BCUT2D eigenvalue weighted by Gasteiger charge is 2.33. The lowest BCUT2D eigenvalue weighted by Gasteiger charge is -2.33. The van der Waals surface area contributed by atoms with Gasteiger partial charge in [-0.15, -0.1) is 5.10 Å². The number of nitrogens with zero attached hydrogens (tertiary/aromatic N) is 5. The van der Waals surface area contributed by atoms with Gasteiger partial charge in [0.25, 0.3) is 0 Å². The van der Waals surface area contributed by atoms with Gasteiger partial charge in [-0.2, -0.15) is 4.68 Å². The van der Waals surface area contributed by atoms with E-state index in [0.29, 0.717) is 24.7 Å². The summed E-state index contributed by atoms with van der Waals surface area (Å²) in [5.41, 5.74) is 0.829. The van der Waals surface area contributed by atoms with Gasteiger partial charge in [0.05, 0.1) is 18.0 Å². The lowest BCUT2D eigenvalue weighted by atomic mass is 10.0. The summed E-state index contributed by atoms with van der Waals surface area (Å²) in [6.45, 7) is 2.66. The van der Waals surface area contributed by atoms with Gasteiger partial charge in [0.2, 0.25) is 11.1 Å². The number of piperidine rings is 1. The van der Waals surface area contributed by atoms with Crippen LogP contribution in [0.1, 0.15) is 26.2 Å². The molecule has 0 spiro atoms. The van der Waals surface area contributed by atoms with Crippen molar-refractivity contribution in [1.29, 1.82) is 0 Å². The molecule has 1 aromatic carbocycles. The van der Waals surface area contributed by atoms with Crippen LogP contribution in [0.4, 0.5) is 0 Å². The van der Waals surface area contributed by atoms with E-state index in [4.69, 9.17) is 4.74 Å². The van der Waals surface area contributed by atoms with Gasteiger partial charge in [0, 0.05) is 6.54 Å². The van der Waals surface area contributed by atoms with Crippen molar-refractivity contribution < 1.29 is 14.3 Å². The third-order valence-corrected chi connectivity index (χ3v) is 5.05. The summed E-state index contributed by atoms with van der Waals surface area (Å²) in [6.07, 6.45) is 2.47. The molecule has 0 saturated carbocycles. The van der Waals surface area contributed by atoms with Crippen molar-refractivity contribution in [2.24, 2.45) is 0 Å². The van der Waals surface area contributed by atoms with Crippen LogP contribution in [0.5, 0.6) is 0 Å². The van der Waals surface area contributed by atoms with Gasteiger partial charge < -0.3 is 9.64 Å². The summed E-state index contributed by atoms with van der Waals surface area (Å²) < 4.78 is 6.71. The van der Waals surface area contributed by atoms with E-state index in [0.717, 1.165) is 18.5 Å². The molecule has 9 heteroatoms. The quantitative estimate of drug-likeness (QED) is 0.561. The first-order valence-electron chi connectivity index (χ1n) is 8.63. The minimum absolute atomic E-state index is 0.102. The molecule has 1 amide bonds. The van der Waals surface area contributed by atoms with Crippen molar-refractivity contribution in [3.8, 4) is 5.69 Å². The second-order valence-corrected chi connectivity index (χ2v) is 6.79. The molecule has 138 valence electrons. The summed E-state index contributed by atoms with van der Waals surface area (Å²) in [6, 6.07) is 9.01. The first-order chi connectivity index (χ1) is 12.7. The Kier molecular flexibility index (Phi) is 6.21. The SMILES string of the molecule is CCOC(=O)[C@@H]1CCCCN1C(=O)CSc1nnnn1-c1ccccc1. The number of benzene rings is 1. The highest BCUT2D eigenvalue weighted by Crippen LogP contribution is 2.22. The third-order valence-electron chi connectivity index (χ3n) is 4.15. The van der Waals surface area contributed by atoms with Gasteiger partial charge in [-0.25, -0.2) is 4.79 Å². The Morgan fingerprint density at radius 1 is 1.27 bits per heavy atom. The molecule has 0 N–H and O–H groups in total. The van der Waals surface area contributed by atoms with Gasteiger partial charge in [0.15, 0.2) is 0 Å². The fourth-order valence-electron chi connectivity index (χ4n) is 2.92. The smallest absolute Gasteiger partial charge is 0.328 e. The molecule has 26 heavy (non-hydrogen) atoms. The number of aromatic nitrogens is 4. The maximum atomic E-state index is 12.7. The third kappa shape index (κ3) is 4.21. The zero-order valence-electron chi connectivity index (χ0n) is 14.6. The first kappa shape index (κ1) is 18.4. The maximum Gasteiger partial charge on any atom is 0.328 e. The van der Waals surface area contributed by atoms with Gasteiger partial charge in [-0.1, -0.05) is 30.0 Å². The Morgan fingerprint density at radius 2 is 2.08 bits per heavy atom. The Morgan fingerprint density at radius 3 is 2.85 bits per heavy atom. The average Bonchev–Trinajstić information content (AvgIpc) is 3.15. The molecule has 0 aliphatic carbocycles. The Hall–Kier alpha value is -2.42. The monoisotopic (exact) mass is 375 g/mol. The molecule has 0 unspecified atom stereocenters. The van der Waals surface area contributed by atoms with Crippen LogP contribution in [0.2, 0.25) is 0 Å². The molecule has 1 aromatic heterocycles. The van der Waals surface area contributed by atoms with Crippen molar-refractivity contribution >= 4 is 23.6 Å². The van der Waals surface area contributed by atoms with E-state index < -0.39 is 6.04 Å². The summed E-state index contributed by atoms with van der Waals surface area (Å²) in [5.74, 6) is -0.252. The van der Waals surface area contributed by atoms with Crippen molar-refractivity contribution in [2.75, 3.05) is 18.9 Å². The summed E-state index contributed by atoms with van der Waals surface area (Å²) >= 11 is 1.26. The molecular formula is C17H21N5O3S. The fourth-order valence-corrected chi connectivity index (χ4v) is 3.70. The largest absolute Gasteiger partial charge is 0.464 e. The maximum absolute atomic E-state index is 12.7. The second kappa shape index (κ2) is 8.79. The molecule has 1 aliphatic heterocycles. The average molecular weight is 375 g/mol. The Balaban J connectivity index is 1.65. The minimum Gasteiger partial charge on any atom is -0.464 e. The topological polar surface area (TPSA) is 90.2 Å². The molecule has 2 aromatic rings. The second-order valence-electron chi connectivity index (χ2n) is 5.85. The molecule has 1 aliphatic rings. The normalized spacial score (nSPS) is 17.1. The number of likely N-dealkylation sites (tertiary alicyclic amines) is 1. The summed E-state index contributed by atoms with van der Waals surface area (Å²) in [7, 11) is 0. The van der Waals surface area contributed by atoms with Crippen molar-refractivity contribution in [3.63, 3.8) is 0 Å². The lowest BCUT2D eigenvalue weighted by molar-refractivity contribution is -0.155. The molecule has 2 heterocycles. The molecule has 1 fully saturated rings. The standard InChI is InChI=1S/C17H21N5O3S/c1-2-25-16(24)14-10-6-7-11-21(14)15(23)12-26-17-18-19-20-22(17)13-8-4-3-5-9-13/h3-5,8-9,14H,2,6-7,10-12H2,1H3/t14-/m0/s1. The molecule has 0 radical (unpaired) electrons. The van der Waals surface area contributed by atoms with Crippen molar-refractivity contribution in [3.05, 3.63) is 30.3 Å².